The molecule has 0 N–H and O–H groups in total. The predicted molar refractivity (Wildman–Crippen MR) is 47.2 cm³/mol. The van der Waals surface area contributed by atoms with E-state index in [-0.39, 0.29) is 0 Å². The van der Waals surface area contributed by atoms with E-state index < -0.39 is 0 Å². The van der Waals surface area contributed by atoms with Crippen LogP contribution >= 0.6 is 27.3 Å². The highest BCUT2D eigenvalue weighted by Gasteiger charge is 1.98. The molecule has 0 radical (unpaired) electrons. The molecular weight excluding hydrogens is 212 g/mol. The van der Waals surface area contributed by atoms with E-state index in [4.69, 9.17) is 0 Å². The molecule has 1 rings (SSSR count). The van der Waals surface area contributed by atoms with Crippen LogP contribution in [-0.4, -0.2) is 24.0 Å². The van der Waals surface area contributed by atoms with Crippen molar-refractivity contribution in [3.8, 4) is 0 Å². The van der Waals surface area contributed by atoms with Crippen molar-refractivity contribution in [3.63, 3.8) is 0 Å². The fourth-order valence-electron chi connectivity index (χ4n) is 0.679. The molecule has 2 nitrogen and oxygen atoms in total. The van der Waals surface area contributed by atoms with E-state index >= 15 is 0 Å². The Hall–Kier alpha value is 0.0700. The van der Waals surface area contributed by atoms with Crippen molar-refractivity contribution in [2.75, 3.05) is 14.1 Å². The highest BCUT2D eigenvalue weighted by molar-refractivity contribution is 9.11. The van der Waals surface area contributed by atoms with Crippen molar-refractivity contribution in [1.82, 2.24) is 9.88 Å². The quantitative estimate of drug-likeness (QED) is 0.758. The lowest BCUT2D eigenvalue weighted by molar-refractivity contribution is 0.397. The van der Waals surface area contributed by atoms with Gasteiger partial charge in [-0.05, 0) is 30.0 Å². The second-order valence-electron chi connectivity index (χ2n) is 2.33. The molecular formula is C6H9BrN2S. The van der Waals surface area contributed by atoms with Crippen molar-refractivity contribution in [2.45, 2.75) is 6.54 Å². The summed E-state index contributed by atoms with van der Waals surface area (Å²) < 4.78 is 0.962. The van der Waals surface area contributed by atoms with Gasteiger partial charge in [0.1, 0.15) is 0 Å². The normalized spacial score (nSPS) is 10.8. The second kappa shape index (κ2) is 3.46. The fourth-order valence-corrected chi connectivity index (χ4v) is 1.72. The van der Waals surface area contributed by atoms with Crippen LogP contribution in [0.1, 0.15) is 5.69 Å². The Balaban J connectivity index is 2.58. The molecule has 0 saturated carbocycles. The highest BCUT2D eigenvalue weighted by Crippen LogP contribution is 2.16. The smallest absolute Gasteiger partial charge is 0.159 e. The van der Waals surface area contributed by atoms with Gasteiger partial charge in [0, 0.05) is 11.9 Å². The third-order valence-electron chi connectivity index (χ3n) is 1.00. The maximum absolute atomic E-state index is 4.24. The van der Waals surface area contributed by atoms with Gasteiger partial charge in [-0.3, -0.25) is 0 Å². The Bertz CT molecular complexity index is 209. The minimum Gasteiger partial charge on any atom is -0.304 e. The largest absolute Gasteiger partial charge is 0.304 e. The Morgan fingerprint density at radius 2 is 2.40 bits per heavy atom. The molecule has 1 aromatic rings. The van der Waals surface area contributed by atoms with Gasteiger partial charge >= 0.3 is 0 Å². The molecule has 0 aliphatic rings. The summed E-state index contributed by atoms with van der Waals surface area (Å²) in [5.74, 6) is 0. The first kappa shape index (κ1) is 8.17. The third kappa shape index (κ3) is 2.36. The standard InChI is InChI=1S/C6H9BrN2S/c1-9(2)3-5-4-10-6(7)8-5/h4H,3H2,1-2H3. The van der Waals surface area contributed by atoms with E-state index in [9.17, 15) is 0 Å². The minimum absolute atomic E-state index is 0.919. The van der Waals surface area contributed by atoms with Crippen LogP contribution in [0.3, 0.4) is 0 Å². The lowest BCUT2D eigenvalue weighted by Crippen LogP contribution is -2.10. The molecule has 0 aliphatic carbocycles. The zero-order valence-corrected chi connectivity index (χ0v) is 8.37. The maximum atomic E-state index is 4.24. The van der Waals surface area contributed by atoms with E-state index in [0.717, 1.165) is 16.2 Å². The Morgan fingerprint density at radius 3 is 2.80 bits per heavy atom. The van der Waals surface area contributed by atoms with Gasteiger partial charge in [0.2, 0.25) is 0 Å². The molecule has 0 amide bonds. The molecule has 0 fully saturated rings. The predicted octanol–water partition coefficient (Wildman–Crippen LogP) is 1.97. The van der Waals surface area contributed by atoms with Gasteiger partial charge in [-0.2, -0.15) is 0 Å². The maximum Gasteiger partial charge on any atom is 0.159 e. The number of rotatable bonds is 2. The topological polar surface area (TPSA) is 16.1 Å². The highest BCUT2D eigenvalue weighted by atomic mass is 79.9. The summed E-state index contributed by atoms with van der Waals surface area (Å²) in [6, 6.07) is 0. The summed E-state index contributed by atoms with van der Waals surface area (Å²) >= 11 is 4.94. The van der Waals surface area contributed by atoms with Crippen LogP contribution in [-0.2, 0) is 6.54 Å². The SMILES string of the molecule is CN(C)Cc1csc(Br)n1. The molecule has 0 spiro atoms. The fraction of sp³-hybridized carbons (Fsp3) is 0.500. The zero-order valence-electron chi connectivity index (χ0n) is 5.97. The molecule has 0 saturated heterocycles. The molecule has 0 unspecified atom stereocenters. The van der Waals surface area contributed by atoms with Gasteiger partial charge in [-0.25, -0.2) is 4.98 Å². The minimum atomic E-state index is 0.919. The lowest BCUT2D eigenvalue weighted by Gasteiger charge is -2.04. The molecule has 1 aromatic heterocycles. The van der Waals surface area contributed by atoms with Crippen molar-refractivity contribution in [2.24, 2.45) is 0 Å². The Morgan fingerprint density at radius 1 is 1.70 bits per heavy atom. The van der Waals surface area contributed by atoms with Gasteiger partial charge in [-0.1, -0.05) is 0 Å². The van der Waals surface area contributed by atoms with Gasteiger partial charge in [-0.15, -0.1) is 11.3 Å². The summed E-state index contributed by atoms with van der Waals surface area (Å²) in [7, 11) is 4.07. The molecule has 4 heteroatoms. The monoisotopic (exact) mass is 220 g/mol. The van der Waals surface area contributed by atoms with E-state index in [1.165, 1.54) is 0 Å². The third-order valence-corrected chi connectivity index (χ3v) is 2.42. The van der Waals surface area contributed by atoms with Crippen molar-refractivity contribution in [1.29, 1.82) is 0 Å². The van der Waals surface area contributed by atoms with Crippen LogP contribution in [0.25, 0.3) is 0 Å². The van der Waals surface area contributed by atoms with Crippen LogP contribution in [0.15, 0.2) is 9.30 Å². The van der Waals surface area contributed by atoms with Crippen LogP contribution in [0.2, 0.25) is 0 Å². The molecule has 56 valence electrons. The summed E-state index contributed by atoms with van der Waals surface area (Å²) in [5.41, 5.74) is 1.13. The van der Waals surface area contributed by atoms with E-state index in [1.54, 1.807) is 11.3 Å². The number of nitrogens with zero attached hydrogens (tertiary/aromatic N) is 2. The molecule has 0 aliphatic heterocycles. The first-order chi connectivity index (χ1) is 4.68. The van der Waals surface area contributed by atoms with Crippen LogP contribution in [0.5, 0.6) is 0 Å². The summed E-state index contributed by atoms with van der Waals surface area (Å²) in [5, 5.41) is 2.06. The number of aromatic nitrogens is 1. The Kier molecular flexibility index (Phi) is 2.82. The Labute approximate surface area is 73.0 Å². The molecule has 0 atom stereocenters. The van der Waals surface area contributed by atoms with Gasteiger partial charge < -0.3 is 4.90 Å². The molecule has 0 bridgehead atoms. The van der Waals surface area contributed by atoms with E-state index in [2.05, 4.69) is 31.2 Å². The molecule has 0 aromatic carbocycles. The van der Waals surface area contributed by atoms with E-state index in [0.29, 0.717) is 0 Å². The number of halogens is 1. The first-order valence-electron chi connectivity index (χ1n) is 2.93. The first-order valence-corrected chi connectivity index (χ1v) is 4.60. The molecule has 10 heavy (non-hydrogen) atoms. The van der Waals surface area contributed by atoms with Gasteiger partial charge in [0.25, 0.3) is 0 Å². The number of thiazole rings is 1. The number of hydrogen-bond acceptors (Lipinski definition) is 3. The summed E-state index contributed by atoms with van der Waals surface area (Å²) in [6.45, 7) is 0.919. The van der Waals surface area contributed by atoms with Gasteiger partial charge in [0.05, 0.1) is 5.69 Å². The zero-order chi connectivity index (χ0) is 7.56. The van der Waals surface area contributed by atoms with Crippen LogP contribution < -0.4 is 0 Å². The van der Waals surface area contributed by atoms with Crippen molar-refractivity contribution >= 4 is 27.3 Å². The number of hydrogen-bond donors (Lipinski definition) is 0. The average molecular weight is 221 g/mol. The second-order valence-corrected chi connectivity index (χ2v) is 4.46. The summed E-state index contributed by atoms with van der Waals surface area (Å²) in [4.78, 5) is 6.34. The average Bonchev–Trinajstić information content (AvgIpc) is 2.13. The van der Waals surface area contributed by atoms with Crippen LogP contribution in [0, 0.1) is 0 Å². The molecule has 1 heterocycles. The van der Waals surface area contributed by atoms with Gasteiger partial charge in [0.15, 0.2) is 3.92 Å². The van der Waals surface area contributed by atoms with E-state index in [1.807, 2.05) is 14.1 Å². The van der Waals surface area contributed by atoms with Crippen molar-refractivity contribution < 1.29 is 0 Å². The lowest BCUT2D eigenvalue weighted by atomic mass is 10.5. The summed E-state index contributed by atoms with van der Waals surface area (Å²) in [6.07, 6.45) is 0. The van der Waals surface area contributed by atoms with Crippen molar-refractivity contribution in [3.05, 3.63) is 15.0 Å². The van der Waals surface area contributed by atoms with Crippen LogP contribution in [0.4, 0.5) is 0 Å².